The average molecular weight is 272 g/mol. The molecule has 1 aromatic heterocycles. The third-order valence-corrected chi connectivity index (χ3v) is 2.61. The number of nitrogens with zero attached hydrogens (tertiary/aromatic N) is 2. The number of carbonyl (C=O) groups excluding carboxylic acids is 1. The van der Waals surface area contributed by atoms with Crippen LogP contribution in [-0.2, 0) is 11.2 Å². The molecule has 1 aromatic carbocycles. The Morgan fingerprint density at radius 2 is 2.15 bits per heavy atom. The zero-order valence-corrected chi connectivity index (χ0v) is 11.4. The summed E-state index contributed by atoms with van der Waals surface area (Å²) in [5, 5.41) is 2.64. The normalized spacial score (nSPS) is 10.1. The lowest BCUT2D eigenvalue weighted by Gasteiger charge is -2.07. The lowest BCUT2D eigenvalue weighted by Crippen LogP contribution is -2.17. The van der Waals surface area contributed by atoms with E-state index < -0.39 is 0 Å². The fraction of sp³-hybridized carbons (Fsp3) is 0.214. The molecule has 6 heteroatoms. The molecule has 0 aliphatic carbocycles. The van der Waals surface area contributed by atoms with Gasteiger partial charge in [0.05, 0.1) is 13.5 Å². The SMILES string of the molecule is COc1cc(C)nc(NC(=O)Cc2cccc(N)c2)n1. The molecule has 0 radical (unpaired) electrons. The van der Waals surface area contributed by atoms with E-state index in [1.165, 1.54) is 7.11 Å². The van der Waals surface area contributed by atoms with Crippen molar-refractivity contribution in [2.75, 3.05) is 18.2 Å². The number of ether oxygens (including phenoxy) is 1. The quantitative estimate of drug-likeness (QED) is 0.824. The number of aromatic nitrogens is 2. The van der Waals surface area contributed by atoms with Crippen molar-refractivity contribution in [1.29, 1.82) is 0 Å². The van der Waals surface area contributed by atoms with E-state index in [-0.39, 0.29) is 18.3 Å². The number of hydrogen-bond acceptors (Lipinski definition) is 5. The predicted molar refractivity (Wildman–Crippen MR) is 76.5 cm³/mol. The van der Waals surface area contributed by atoms with Crippen molar-refractivity contribution >= 4 is 17.5 Å². The Morgan fingerprint density at radius 3 is 2.85 bits per heavy atom. The highest BCUT2D eigenvalue weighted by molar-refractivity contribution is 5.90. The summed E-state index contributed by atoms with van der Waals surface area (Å²) in [6.45, 7) is 1.80. The summed E-state index contributed by atoms with van der Waals surface area (Å²) in [5.41, 5.74) is 7.85. The topological polar surface area (TPSA) is 90.1 Å². The number of nitrogens with one attached hydrogen (secondary N) is 1. The standard InChI is InChI=1S/C14H16N4O2/c1-9-6-13(20-2)18-14(16-9)17-12(19)8-10-4-3-5-11(15)7-10/h3-7H,8,15H2,1-2H3,(H,16,17,18,19). The first-order chi connectivity index (χ1) is 9.56. The van der Waals surface area contributed by atoms with Gasteiger partial charge in [-0.15, -0.1) is 0 Å². The van der Waals surface area contributed by atoms with Crippen LogP contribution in [0, 0.1) is 6.92 Å². The van der Waals surface area contributed by atoms with Crippen LogP contribution in [0.25, 0.3) is 0 Å². The van der Waals surface area contributed by atoms with Gasteiger partial charge in [0.25, 0.3) is 0 Å². The highest BCUT2D eigenvalue weighted by Gasteiger charge is 2.08. The third kappa shape index (κ3) is 3.68. The molecule has 0 aliphatic rings. The summed E-state index contributed by atoms with van der Waals surface area (Å²) in [6.07, 6.45) is 0.213. The maximum Gasteiger partial charge on any atom is 0.232 e. The van der Waals surface area contributed by atoms with Crippen LogP contribution in [0.3, 0.4) is 0 Å². The van der Waals surface area contributed by atoms with Gasteiger partial charge in [-0.05, 0) is 24.6 Å². The molecular weight excluding hydrogens is 256 g/mol. The van der Waals surface area contributed by atoms with Crippen LogP contribution in [0.5, 0.6) is 5.88 Å². The number of hydrogen-bond donors (Lipinski definition) is 2. The van der Waals surface area contributed by atoms with Crippen LogP contribution >= 0.6 is 0 Å². The van der Waals surface area contributed by atoms with E-state index in [0.29, 0.717) is 11.6 Å². The predicted octanol–water partition coefficient (Wildman–Crippen LogP) is 1.56. The average Bonchev–Trinajstić information content (AvgIpc) is 2.37. The zero-order valence-electron chi connectivity index (χ0n) is 11.4. The second-order valence-corrected chi connectivity index (χ2v) is 4.35. The van der Waals surface area contributed by atoms with Crippen LogP contribution in [0.4, 0.5) is 11.6 Å². The van der Waals surface area contributed by atoms with Crippen molar-refractivity contribution in [2.24, 2.45) is 0 Å². The van der Waals surface area contributed by atoms with Crippen LogP contribution in [-0.4, -0.2) is 23.0 Å². The Balaban J connectivity index is 2.06. The van der Waals surface area contributed by atoms with Gasteiger partial charge >= 0.3 is 0 Å². The number of methoxy groups -OCH3 is 1. The molecule has 2 rings (SSSR count). The van der Waals surface area contributed by atoms with Gasteiger partial charge in [0.2, 0.25) is 17.7 Å². The summed E-state index contributed by atoms with van der Waals surface area (Å²) in [5.74, 6) is 0.441. The highest BCUT2D eigenvalue weighted by Crippen LogP contribution is 2.12. The Morgan fingerprint density at radius 1 is 1.35 bits per heavy atom. The molecule has 0 spiro atoms. The largest absolute Gasteiger partial charge is 0.481 e. The number of benzene rings is 1. The monoisotopic (exact) mass is 272 g/mol. The molecule has 6 nitrogen and oxygen atoms in total. The van der Waals surface area contributed by atoms with Gasteiger partial charge in [-0.25, -0.2) is 4.98 Å². The molecular formula is C14H16N4O2. The maximum absolute atomic E-state index is 11.9. The van der Waals surface area contributed by atoms with Gasteiger partial charge in [-0.1, -0.05) is 12.1 Å². The van der Waals surface area contributed by atoms with Crippen molar-refractivity contribution in [3.8, 4) is 5.88 Å². The minimum Gasteiger partial charge on any atom is -0.481 e. The van der Waals surface area contributed by atoms with Crippen molar-refractivity contribution in [3.05, 3.63) is 41.6 Å². The highest BCUT2D eigenvalue weighted by atomic mass is 16.5. The number of rotatable bonds is 4. The molecule has 0 fully saturated rings. The third-order valence-electron chi connectivity index (χ3n) is 2.61. The lowest BCUT2D eigenvalue weighted by molar-refractivity contribution is -0.115. The lowest BCUT2D eigenvalue weighted by atomic mass is 10.1. The van der Waals surface area contributed by atoms with Gasteiger partial charge in [0.15, 0.2) is 0 Å². The fourth-order valence-corrected chi connectivity index (χ4v) is 1.76. The minimum atomic E-state index is -0.205. The van der Waals surface area contributed by atoms with Crippen LogP contribution in [0.2, 0.25) is 0 Å². The van der Waals surface area contributed by atoms with Crippen molar-refractivity contribution < 1.29 is 9.53 Å². The zero-order chi connectivity index (χ0) is 14.5. The van der Waals surface area contributed by atoms with E-state index in [4.69, 9.17) is 10.5 Å². The maximum atomic E-state index is 11.9. The number of nitrogens with two attached hydrogens (primary N) is 1. The van der Waals surface area contributed by atoms with Crippen molar-refractivity contribution in [3.63, 3.8) is 0 Å². The Labute approximate surface area is 117 Å². The van der Waals surface area contributed by atoms with E-state index in [2.05, 4.69) is 15.3 Å². The Hall–Kier alpha value is -2.63. The number of aryl methyl sites for hydroxylation is 1. The molecule has 3 N–H and O–H groups in total. The van der Waals surface area contributed by atoms with E-state index in [1.54, 1.807) is 25.1 Å². The fourth-order valence-electron chi connectivity index (χ4n) is 1.76. The second-order valence-electron chi connectivity index (χ2n) is 4.35. The van der Waals surface area contributed by atoms with E-state index >= 15 is 0 Å². The number of amides is 1. The van der Waals surface area contributed by atoms with Gasteiger partial charge in [-0.2, -0.15) is 4.98 Å². The van der Waals surface area contributed by atoms with Crippen LogP contribution in [0.1, 0.15) is 11.3 Å². The summed E-state index contributed by atoms with van der Waals surface area (Å²) in [7, 11) is 1.51. The molecule has 1 heterocycles. The molecule has 0 atom stereocenters. The molecule has 1 amide bonds. The summed E-state index contributed by atoms with van der Waals surface area (Å²) in [4.78, 5) is 20.1. The Bertz CT molecular complexity index is 628. The van der Waals surface area contributed by atoms with Crippen LogP contribution in [0.15, 0.2) is 30.3 Å². The molecule has 0 bridgehead atoms. The number of anilines is 2. The first-order valence-electron chi connectivity index (χ1n) is 6.11. The van der Waals surface area contributed by atoms with E-state index in [9.17, 15) is 4.79 Å². The molecule has 0 saturated carbocycles. The molecule has 0 unspecified atom stereocenters. The van der Waals surface area contributed by atoms with E-state index in [0.717, 1.165) is 11.3 Å². The van der Waals surface area contributed by atoms with Gasteiger partial charge in [0.1, 0.15) is 0 Å². The smallest absolute Gasteiger partial charge is 0.232 e. The second kappa shape index (κ2) is 6.01. The van der Waals surface area contributed by atoms with Crippen molar-refractivity contribution in [2.45, 2.75) is 13.3 Å². The minimum absolute atomic E-state index is 0.205. The summed E-state index contributed by atoms with van der Waals surface area (Å²) < 4.78 is 5.03. The van der Waals surface area contributed by atoms with Gasteiger partial charge < -0.3 is 10.5 Å². The summed E-state index contributed by atoms with van der Waals surface area (Å²) >= 11 is 0. The number of nitrogen functional groups attached to an aromatic ring is 1. The van der Waals surface area contributed by atoms with Gasteiger partial charge in [-0.3, -0.25) is 10.1 Å². The molecule has 2 aromatic rings. The first-order valence-corrected chi connectivity index (χ1v) is 6.11. The van der Waals surface area contributed by atoms with Gasteiger partial charge in [0, 0.05) is 17.4 Å². The Kier molecular flexibility index (Phi) is 4.14. The molecule has 20 heavy (non-hydrogen) atoms. The molecule has 0 aliphatic heterocycles. The first kappa shape index (κ1) is 13.8. The van der Waals surface area contributed by atoms with E-state index in [1.807, 2.05) is 12.1 Å². The molecule has 0 saturated heterocycles. The van der Waals surface area contributed by atoms with Crippen LogP contribution < -0.4 is 15.8 Å². The molecule has 104 valence electrons. The summed E-state index contributed by atoms with van der Waals surface area (Å²) in [6, 6.07) is 8.87. The van der Waals surface area contributed by atoms with Crippen molar-refractivity contribution in [1.82, 2.24) is 9.97 Å². The number of carbonyl (C=O) groups is 1.